The summed E-state index contributed by atoms with van der Waals surface area (Å²) < 4.78 is 21.1. The fraction of sp³-hybridized carbons (Fsp3) is 0.600. The number of hydrogen-bond acceptors (Lipinski definition) is 8. The summed E-state index contributed by atoms with van der Waals surface area (Å²) in [6, 6.07) is 3.99. The van der Waals surface area contributed by atoms with Gasteiger partial charge in [0.25, 0.3) is 5.69 Å². The molecule has 0 N–H and O–H groups in total. The fourth-order valence-electron chi connectivity index (χ4n) is 3.38. The number of nitrogens with zero attached hydrogens (tertiary/aromatic N) is 1. The van der Waals surface area contributed by atoms with Crippen molar-refractivity contribution in [3.05, 3.63) is 33.9 Å². The molecule has 0 amide bonds. The minimum Gasteiger partial charge on any atom is -0.469 e. The largest absolute Gasteiger partial charge is 0.469 e. The van der Waals surface area contributed by atoms with E-state index in [0.29, 0.717) is 19.6 Å². The first kappa shape index (κ1) is 22.8. The highest BCUT2D eigenvalue weighted by atomic mass is 16.7. The molecule has 1 aromatic rings. The zero-order chi connectivity index (χ0) is 21.8. The Morgan fingerprint density at radius 3 is 2.34 bits per heavy atom. The predicted molar refractivity (Wildman–Crippen MR) is 102 cm³/mol. The second-order valence-corrected chi connectivity index (χ2v) is 7.91. The van der Waals surface area contributed by atoms with Crippen molar-refractivity contribution in [1.29, 1.82) is 0 Å². The molecule has 0 radical (unpaired) electrons. The summed E-state index contributed by atoms with van der Waals surface area (Å²) in [5.74, 6) is -0.812. The van der Waals surface area contributed by atoms with Gasteiger partial charge >= 0.3 is 11.9 Å². The summed E-state index contributed by atoms with van der Waals surface area (Å²) in [6.45, 7) is 7.61. The second kappa shape index (κ2) is 8.87. The summed E-state index contributed by atoms with van der Waals surface area (Å²) >= 11 is 0. The van der Waals surface area contributed by atoms with Crippen LogP contribution < -0.4 is 4.74 Å². The molecular weight excluding hydrogens is 382 g/mol. The third-order valence-corrected chi connectivity index (χ3v) is 5.13. The number of ether oxygens (including phenoxy) is 4. The number of methoxy groups -OCH3 is 1. The Morgan fingerprint density at radius 2 is 1.83 bits per heavy atom. The lowest BCUT2D eigenvalue weighted by Crippen LogP contribution is -2.39. The number of carbonyl (C=O) groups excluding carboxylic acids is 2. The number of benzene rings is 1. The van der Waals surface area contributed by atoms with Crippen molar-refractivity contribution < 1.29 is 33.5 Å². The van der Waals surface area contributed by atoms with E-state index < -0.39 is 34.0 Å². The van der Waals surface area contributed by atoms with Crippen LogP contribution in [0, 0.1) is 20.9 Å². The third-order valence-electron chi connectivity index (χ3n) is 5.13. The average molecular weight is 409 g/mol. The van der Waals surface area contributed by atoms with E-state index in [1.165, 1.54) is 25.3 Å². The van der Waals surface area contributed by atoms with Crippen molar-refractivity contribution in [2.24, 2.45) is 10.8 Å². The van der Waals surface area contributed by atoms with Crippen molar-refractivity contribution >= 4 is 17.6 Å². The molecule has 0 aromatic heterocycles. The topological polar surface area (TPSA) is 114 Å². The summed E-state index contributed by atoms with van der Waals surface area (Å²) in [5, 5.41) is 11.3. The zero-order valence-electron chi connectivity index (χ0n) is 17.4. The smallest absolute Gasteiger partial charge is 0.317 e. The lowest BCUT2D eigenvalue weighted by molar-refractivity contribution is -0.386. The molecule has 1 aliphatic heterocycles. The van der Waals surface area contributed by atoms with Crippen LogP contribution in [0.4, 0.5) is 5.69 Å². The van der Waals surface area contributed by atoms with Crippen LogP contribution in [0.25, 0.3) is 0 Å². The summed E-state index contributed by atoms with van der Waals surface area (Å²) in [7, 11) is 1.30. The highest BCUT2D eigenvalue weighted by molar-refractivity contribution is 5.81. The van der Waals surface area contributed by atoms with Crippen LogP contribution in [0.1, 0.15) is 52.4 Å². The molecule has 1 heterocycles. The Hall–Kier alpha value is -2.52. The van der Waals surface area contributed by atoms with Crippen LogP contribution in [0.15, 0.2) is 18.2 Å². The maximum atomic E-state index is 12.9. The van der Waals surface area contributed by atoms with Crippen LogP contribution in [-0.2, 0) is 23.8 Å². The molecule has 1 saturated heterocycles. The van der Waals surface area contributed by atoms with E-state index in [0.717, 1.165) is 0 Å². The minimum atomic E-state index is -0.958. The van der Waals surface area contributed by atoms with Gasteiger partial charge in [-0.2, -0.15) is 0 Å². The van der Waals surface area contributed by atoms with Gasteiger partial charge in [-0.15, -0.1) is 0 Å². The Labute approximate surface area is 169 Å². The van der Waals surface area contributed by atoms with E-state index in [9.17, 15) is 19.7 Å². The van der Waals surface area contributed by atoms with Crippen LogP contribution in [-0.4, -0.2) is 37.2 Å². The van der Waals surface area contributed by atoms with E-state index in [4.69, 9.17) is 18.9 Å². The summed E-state index contributed by atoms with van der Waals surface area (Å²) in [4.78, 5) is 35.7. The molecule has 0 saturated carbocycles. The van der Waals surface area contributed by atoms with E-state index >= 15 is 0 Å². The Morgan fingerprint density at radius 1 is 1.21 bits per heavy atom. The van der Waals surface area contributed by atoms with Gasteiger partial charge in [-0.3, -0.25) is 19.7 Å². The van der Waals surface area contributed by atoms with Crippen LogP contribution >= 0.6 is 0 Å². The molecule has 0 spiro atoms. The molecular formula is C20H27NO8. The number of nitro benzene ring substituents is 1. The average Bonchev–Trinajstić information content (AvgIpc) is 3.21. The van der Waals surface area contributed by atoms with E-state index in [1.807, 2.05) is 6.92 Å². The van der Waals surface area contributed by atoms with E-state index in [2.05, 4.69) is 0 Å². The van der Waals surface area contributed by atoms with Gasteiger partial charge in [0.15, 0.2) is 6.29 Å². The molecule has 29 heavy (non-hydrogen) atoms. The van der Waals surface area contributed by atoms with Crippen molar-refractivity contribution in [3.8, 4) is 5.75 Å². The van der Waals surface area contributed by atoms with Gasteiger partial charge in [-0.05, 0) is 45.7 Å². The maximum Gasteiger partial charge on any atom is 0.317 e. The van der Waals surface area contributed by atoms with Crippen molar-refractivity contribution in [2.75, 3.05) is 20.3 Å². The number of hydrogen-bond donors (Lipinski definition) is 0. The molecule has 9 heteroatoms. The standard InChI is InChI=1S/C20H27NO8/c1-6-20(4,12-19(2,3)17(22)26-5)18(23)29-13-7-8-15(21(24)25)14(11-13)16-27-9-10-28-16/h7-8,11,16H,6,9-10,12H2,1-5H3. The monoisotopic (exact) mass is 409 g/mol. The molecule has 0 aliphatic carbocycles. The normalized spacial score (nSPS) is 16.9. The predicted octanol–water partition coefficient (Wildman–Crippen LogP) is 3.55. The van der Waals surface area contributed by atoms with E-state index in [-0.39, 0.29) is 23.4 Å². The zero-order valence-corrected chi connectivity index (χ0v) is 17.4. The van der Waals surface area contributed by atoms with Crippen molar-refractivity contribution in [1.82, 2.24) is 0 Å². The van der Waals surface area contributed by atoms with Crippen LogP contribution in [0.5, 0.6) is 5.75 Å². The highest BCUT2D eigenvalue weighted by Crippen LogP contribution is 2.39. The molecule has 2 rings (SSSR count). The number of nitro groups is 1. The number of carbonyl (C=O) groups is 2. The van der Waals surface area contributed by atoms with Gasteiger partial charge < -0.3 is 18.9 Å². The van der Waals surface area contributed by atoms with Crippen LogP contribution in [0.2, 0.25) is 0 Å². The number of rotatable bonds is 8. The molecule has 1 aromatic carbocycles. The summed E-state index contributed by atoms with van der Waals surface area (Å²) in [5.41, 5.74) is -1.84. The van der Waals surface area contributed by atoms with Gasteiger partial charge in [0.1, 0.15) is 5.75 Å². The Bertz CT molecular complexity index is 785. The van der Waals surface area contributed by atoms with Gasteiger partial charge in [0.2, 0.25) is 0 Å². The lowest BCUT2D eigenvalue weighted by Gasteiger charge is -2.33. The lowest BCUT2D eigenvalue weighted by atomic mass is 9.72. The van der Waals surface area contributed by atoms with Crippen molar-refractivity contribution in [3.63, 3.8) is 0 Å². The third kappa shape index (κ3) is 5.10. The first-order chi connectivity index (χ1) is 13.5. The first-order valence-electron chi connectivity index (χ1n) is 9.36. The molecule has 1 fully saturated rings. The number of esters is 2. The van der Waals surface area contributed by atoms with Gasteiger partial charge in [-0.25, -0.2) is 0 Å². The molecule has 1 atom stereocenters. The van der Waals surface area contributed by atoms with Gasteiger partial charge in [-0.1, -0.05) is 6.92 Å². The minimum absolute atomic E-state index is 0.144. The molecule has 0 bridgehead atoms. The second-order valence-electron chi connectivity index (χ2n) is 7.91. The molecule has 1 unspecified atom stereocenters. The molecule has 9 nitrogen and oxygen atoms in total. The summed E-state index contributed by atoms with van der Waals surface area (Å²) in [6.07, 6.45) is -0.234. The van der Waals surface area contributed by atoms with E-state index in [1.54, 1.807) is 20.8 Å². The SMILES string of the molecule is CCC(C)(CC(C)(C)C(=O)OC)C(=O)Oc1ccc([N+](=O)[O-])c(C2OCCO2)c1. The van der Waals surface area contributed by atoms with Gasteiger partial charge in [0, 0.05) is 6.07 Å². The molecule has 160 valence electrons. The molecule has 1 aliphatic rings. The van der Waals surface area contributed by atoms with Crippen molar-refractivity contribution in [2.45, 2.75) is 46.8 Å². The quantitative estimate of drug-likeness (QED) is 0.277. The maximum absolute atomic E-state index is 12.9. The fourth-order valence-corrected chi connectivity index (χ4v) is 3.38. The highest BCUT2D eigenvalue weighted by Gasteiger charge is 2.43. The Balaban J connectivity index is 2.27. The first-order valence-corrected chi connectivity index (χ1v) is 9.36. The van der Waals surface area contributed by atoms with Gasteiger partial charge in [0.05, 0.1) is 41.6 Å². The Kier molecular flexibility index (Phi) is 6.97. The van der Waals surface area contributed by atoms with Crippen LogP contribution in [0.3, 0.4) is 0 Å².